The van der Waals surface area contributed by atoms with Crippen molar-refractivity contribution in [1.82, 2.24) is 9.88 Å². The summed E-state index contributed by atoms with van der Waals surface area (Å²) in [5.74, 6) is -0.455. The van der Waals surface area contributed by atoms with Crippen molar-refractivity contribution in [2.75, 3.05) is 4.90 Å². The largest absolute Gasteiger partial charge is 0.340 e. The van der Waals surface area contributed by atoms with Gasteiger partial charge in [0.1, 0.15) is 5.70 Å². The zero-order valence-corrected chi connectivity index (χ0v) is 19.3. The molecule has 1 aliphatic heterocycles. The SMILES string of the molecule is Cc1c(/C=C2/NC(=O)N(c3ccc(Cl)cc3)C2=O)c2ccccc2n1Cc1ccc([N+](=O)[O-])cc1. The molecule has 174 valence electrons. The first-order chi connectivity index (χ1) is 16.8. The van der Waals surface area contributed by atoms with Crippen LogP contribution >= 0.6 is 11.6 Å². The molecule has 0 atom stereocenters. The lowest BCUT2D eigenvalue weighted by Crippen LogP contribution is -2.30. The van der Waals surface area contributed by atoms with Crippen LogP contribution in [0.2, 0.25) is 5.02 Å². The number of urea groups is 1. The molecule has 3 aromatic carbocycles. The molecule has 0 bridgehead atoms. The molecule has 5 rings (SSSR count). The second-order valence-electron chi connectivity index (χ2n) is 8.13. The minimum absolute atomic E-state index is 0.0361. The topological polar surface area (TPSA) is 97.5 Å². The summed E-state index contributed by atoms with van der Waals surface area (Å²) >= 11 is 5.93. The van der Waals surface area contributed by atoms with Crippen molar-refractivity contribution in [2.45, 2.75) is 13.5 Å². The molecule has 9 heteroatoms. The van der Waals surface area contributed by atoms with Crippen LogP contribution in [0.3, 0.4) is 0 Å². The number of aromatic nitrogens is 1. The molecule has 4 aromatic rings. The molecule has 1 fully saturated rings. The van der Waals surface area contributed by atoms with E-state index in [1.807, 2.05) is 31.2 Å². The number of benzene rings is 3. The quantitative estimate of drug-likeness (QED) is 0.170. The Labute approximate surface area is 205 Å². The highest BCUT2D eigenvalue weighted by Gasteiger charge is 2.35. The summed E-state index contributed by atoms with van der Waals surface area (Å²) in [6, 6.07) is 20.1. The molecule has 8 nitrogen and oxygen atoms in total. The number of fused-ring (bicyclic) bond motifs is 1. The normalized spacial score (nSPS) is 14.7. The van der Waals surface area contributed by atoms with Crippen LogP contribution in [0.15, 0.2) is 78.5 Å². The van der Waals surface area contributed by atoms with E-state index in [-0.39, 0.29) is 11.4 Å². The molecule has 35 heavy (non-hydrogen) atoms. The van der Waals surface area contributed by atoms with Gasteiger partial charge in [0.25, 0.3) is 11.6 Å². The summed E-state index contributed by atoms with van der Waals surface area (Å²) in [7, 11) is 0. The molecule has 1 aliphatic rings. The molecule has 1 saturated heterocycles. The molecule has 0 radical (unpaired) electrons. The number of rotatable bonds is 5. The maximum Gasteiger partial charge on any atom is 0.333 e. The van der Waals surface area contributed by atoms with E-state index in [2.05, 4.69) is 9.88 Å². The summed E-state index contributed by atoms with van der Waals surface area (Å²) in [6.45, 7) is 2.43. The van der Waals surface area contributed by atoms with Crippen LogP contribution in [0.5, 0.6) is 0 Å². The molecule has 2 heterocycles. The lowest BCUT2D eigenvalue weighted by Gasteiger charge is -2.11. The van der Waals surface area contributed by atoms with Crippen molar-refractivity contribution in [3.63, 3.8) is 0 Å². The molecule has 0 spiro atoms. The van der Waals surface area contributed by atoms with Gasteiger partial charge in [-0.1, -0.05) is 41.9 Å². The predicted octanol–water partition coefficient (Wildman–Crippen LogP) is 5.66. The van der Waals surface area contributed by atoms with E-state index in [9.17, 15) is 19.7 Å². The van der Waals surface area contributed by atoms with Crippen LogP contribution in [-0.2, 0) is 11.3 Å². The van der Waals surface area contributed by atoms with Crippen molar-refractivity contribution >= 4 is 51.9 Å². The monoisotopic (exact) mass is 486 g/mol. The van der Waals surface area contributed by atoms with Crippen LogP contribution in [-0.4, -0.2) is 21.4 Å². The lowest BCUT2D eigenvalue weighted by atomic mass is 10.1. The fourth-order valence-corrected chi connectivity index (χ4v) is 4.38. The highest BCUT2D eigenvalue weighted by molar-refractivity contribution is 6.31. The Morgan fingerprint density at radius 3 is 2.37 bits per heavy atom. The molecule has 1 aromatic heterocycles. The van der Waals surface area contributed by atoms with Gasteiger partial charge in [0, 0.05) is 45.9 Å². The van der Waals surface area contributed by atoms with E-state index in [1.165, 1.54) is 12.1 Å². The van der Waals surface area contributed by atoms with Gasteiger partial charge in [-0.3, -0.25) is 14.9 Å². The summed E-state index contributed by atoms with van der Waals surface area (Å²) in [4.78, 5) is 37.3. The van der Waals surface area contributed by atoms with Crippen LogP contribution in [0.25, 0.3) is 17.0 Å². The van der Waals surface area contributed by atoms with E-state index < -0.39 is 16.9 Å². The van der Waals surface area contributed by atoms with Crippen LogP contribution in [0.1, 0.15) is 16.8 Å². The number of nitro benzene ring substituents is 1. The van der Waals surface area contributed by atoms with Crippen LogP contribution < -0.4 is 10.2 Å². The molecular weight excluding hydrogens is 468 g/mol. The van der Waals surface area contributed by atoms with Gasteiger partial charge < -0.3 is 9.88 Å². The number of hydrogen-bond donors (Lipinski definition) is 1. The van der Waals surface area contributed by atoms with E-state index in [1.54, 1.807) is 42.5 Å². The number of amides is 3. The Kier molecular flexibility index (Phi) is 5.58. The average Bonchev–Trinajstić information content (AvgIpc) is 3.28. The van der Waals surface area contributed by atoms with E-state index >= 15 is 0 Å². The van der Waals surface area contributed by atoms with Gasteiger partial charge in [-0.25, -0.2) is 9.69 Å². The van der Waals surface area contributed by atoms with Crippen molar-refractivity contribution in [3.05, 3.63) is 110 Å². The Balaban J connectivity index is 1.53. The average molecular weight is 487 g/mol. The van der Waals surface area contributed by atoms with Crippen molar-refractivity contribution in [2.24, 2.45) is 0 Å². The highest BCUT2D eigenvalue weighted by Crippen LogP contribution is 2.31. The first-order valence-corrected chi connectivity index (χ1v) is 11.1. The molecule has 0 aliphatic carbocycles. The van der Waals surface area contributed by atoms with E-state index in [0.29, 0.717) is 17.3 Å². The maximum atomic E-state index is 13.1. The van der Waals surface area contributed by atoms with Gasteiger partial charge in [-0.15, -0.1) is 0 Å². The smallest absolute Gasteiger partial charge is 0.333 e. The third-order valence-corrected chi connectivity index (χ3v) is 6.27. The summed E-state index contributed by atoms with van der Waals surface area (Å²) in [5, 5.41) is 15.1. The van der Waals surface area contributed by atoms with Crippen molar-refractivity contribution in [3.8, 4) is 0 Å². The molecular formula is C26H19ClN4O4. The van der Waals surface area contributed by atoms with Crippen molar-refractivity contribution in [1.29, 1.82) is 0 Å². The van der Waals surface area contributed by atoms with Crippen molar-refractivity contribution < 1.29 is 14.5 Å². The third kappa shape index (κ3) is 4.04. The Morgan fingerprint density at radius 1 is 1.00 bits per heavy atom. The molecule has 3 amide bonds. The number of imide groups is 1. The van der Waals surface area contributed by atoms with Gasteiger partial charge in [0.05, 0.1) is 10.6 Å². The maximum absolute atomic E-state index is 13.1. The third-order valence-electron chi connectivity index (χ3n) is 6.02. The molecule has 0 saturated carbocycles. The summed E-state index contributed by atoms with van der Waals surface area (Å²) in [6.07, 6.45) is 1.69. The number of hydrogen-bond acceptors (Lipinski definition) is 4. The van der Waals surface area contributed by atoms with Gasteiger partial charge in [0.2, 0.25) is 0 Å². The fraction of sp³-hybridized carbons (Fsp3) is 0.0769. The Hall–Kier alpha value is -4.43. The minimum Gasteiger partial charge on any atom is -0.340 e. The van der Waals surface area contributed by atoms with Gasteiger partial charge in [-0.05, 0) is 48.9 Å². The number of carbonyl (C=O) groups is 2. The summed E-state index contributed by atoms with van der Waals surface area (Å²) < 4.78 is 2.08. The second-order valence-corrected chi connectivity index (χ2v) is 8.57. The van der Waals surface area contributed by atoms with Crippen LogP contribution in [0.4, 0.5) is 16.2 Å². The number of anilines is 1. The fourth-order valence-electron chi connectivity index (χ4n) is 4.25. The predicted molar refractivity (Wildman–Crippen MR) is 134 cm³/mol. The van der Waals surface area contributed by atoms with E-state index in [0.717, 1.165) is 32.6 Å². The Morgan fingerprint density at radius 2 is 1.69 bits per heavy atom. The number of para-hydroxylation sites is 1. The van der Waals surface area contributed by atoms with Gasteiger partial charge in [0.15, 0.2) is 0 Å². The summed E-state index contributed by atoms with van der Waals surface area (Å²) in [5.41, 5.74) is 4.19. The number of nitrogens with zero attached hydrogens (tertiary/aromatic N) is 3. The Bertz CT molecular complexity index is 1520. The zero-order chi connectivity index (χ0) is 24.7. The van der Waals surface area contributed by atoms with Gasteiger partial charge in [-0.2, -0.15) is 0 Å². The second kappa shape index (κ2) is 8.73. The first-order valence-electron chi connectivity index (χ1n) is 10.8. The van der Waals surface area contributed by atoms with Gasteiger partial charge >= 0.3 is 6.03 Å². The molecule has 0 unspecified atom stereocenters. The minimum atomic E-state index is -0.532. The standard InChI is InChI=1S/C26H19ClN4O4/c1-16-22(14-23-25(32)30(26(33)28-23)19-12-8-18(27)9-13-19)21-4-2-3-5-24(21)29(16)15-17-6-10-20(11-7-17)31(34)35/h2-14H,15H2,1H3,(H,28,33)/b23-14+. The van der Waals surface area contributed by atoms with Crippen LogP contribution in [0, 0.1) is 17.0 Å². The first kappa shape index (κ1) is 22.4. The number of halogens is 1. The zero-order valence-electron chi connectivity index (χ0n) is 18.6. The highest BCUT2D eigenvalue weighted by atomic mass is 35.5. The van der Waals surface area contributed by atoms with E-state index in [4.69, 9.17) is 11.6 Å². The lowest BCUT2D eigenvalue weighted by molar-refractivity contribution is -0.384. The number of nitrogens with one attached hydrogen (secondary N) is 1. The molecule has 1 N–H and O–H groups in total. The number of carbonyl (C=O) groups excluding carboxylic acids is 2. The number of nitro groups is 1. The number of non-ortho nitro benzene ring substituents is 1.